The number of aromatic nitrogens is 2. The highest BCUT2D eigenvalue weighted by molar-refractivity contribution is 7.90. The number of urea groups is 1. The number of hydrogen-bond donors (Lipinski definition) is 2. The highest BCUT2D eigenvalue weighted by Gasteiger charge is 2.24. The first-order valence-corrected chi connectivity index (χ1v) is 10.2. The van der Waals surface area contributed by atoms with Crippen LogP contribution in [0.4, 0.5) is 10.7 Å². The lowest BCUT2D eigenvalue weighted by Gasteiger charge is -2.12. The first kappa shape index (κ1) is 20.2. The lowest BCUT2D eigenvalue weighted by atomic mass is 10.2. The SMILES string of the molecule is Cc1nc(NC(=O)NS(=O)(=O)c2ccccc2OC(Cl)=CCl)nc2c1CCO2. The van der Waals surface area contributed by atoms with Gasteiger partial charge in [0.2, 0.25) is 17.0 Å². The summed E-state index contributed by atoms with van der Waals surface area (Å²) < 4.78 is 37.5. The maximum absolute atomic E-state index is 12.6. The van der Waals surface area contributed by atoms with Gasteiger partial charge >= 0.3 is 6.03 Å². The minimum absolute atomic E-state index is 0.0801. The van der Waals surface area contributed by atoms with Crippen molar-refractivity contribution in [3.8, 4) is 11.6 Å². The maximum Gasteiger partial charge on any atom is 0.335 e. The molecule has 0 saturated carbocycles. The molecule has 9 nitrogen and oxygen atoms in total. The van der Waals surface area contributed by atoms with Crippen molar-refractivity contribution < 1.29 is 22.7 Å². The van der Waals surface area contributed by atoms with Crippen molar-refractivity contribution in [1.82, 2.24) is 14.7 Å². The summed E-state index contributed by atoms with van der Waals surface area (Å²) in [7, 11) is -4.29. The van der Waals surface area contributed by atoms with E-state index in [-0.39, 0.29) is 21.8 Å². The number of fused-ring (bicyclic) bond motifs is 1. The molecule has 0 radical (unpaired) electrons. The van der Waals surface area contributed by atoms with E-state index in [9.17, 15) is 13.2 Å². The molecule has 1 aromatic carbocycles. The number of rotatable bonds is 5. The van der Waals surface area contributed by atoms with E-state index in [0.29, 0.717) is 24.6 Å². The van der Waals surface area contributed by atoms with Crippen LogP contribution in [0.2, 0.25) is 0 Å². The Hall–Kier alpha value is -2.56. The number of benzene rings is 1. The molecule has 2 aromatic rings. The third-order valence-electron chi connectivity index (χ3n) is 3.65. The van der Waals surface area contributed by atoms with Crippen molar-refractivity contribution in [3.63, 3.8) is 0 Å². The predicted molar refractivity (Wildman–Crippen MR) is 102 cm³/mol. The number of hydrogen-bond acceptors (Lipinski definition) is 7. The lowest BCUT2D eigenvalue weighted by molar-refractivity contribution is 0.256. The van der Waals surface area contributed by atoms with E-state index in [1.165, 1.54) is 24.3 Å². The summed E-state index contributed by atoms with van der Waals surface area (Å²) >= 11 is 11.1. The number of ether oxygens (including phenoxy) is 2. The van der Waals surface area contributed by atoms with E-state index in [1.54, 1.807) is 6.92 Å². The molecule has 1 aliphatic heterocycles. The zero-order valence-corrected chi connectivity index (χ0v) is 16.7. The summed E-state index contributed by atoms with van der Waals surface area (Å²) in [6.07, 6.45) is 0.679. The number of anilines is 1. The number of sulfonamides is 1. The van der Waals surface area contributed by atoms with Gasteiger partial charge in [-0.05, 0) is 30.7 Å². The normalized spacial score (nSPS) is 13.5. The standard InChI is InChI=1S/C16H14Cl2N4O5S/c1-9-10-6-7-26-14(10)20-15(19-9)21-16(23)22-28(24,25)12-5-3-2-4-11(12)27-13(18)8-17/h2-5,8H,6-7H2,1H3,(H2,19,20,21,22,23). The average Bonchev–Trinajstić information content (AvgIpc) is 3.10. The summed E-state index contributed by atoms with van der Waals surface area (Å²) in [5.74, 6) is 0.179. The molecule has 0 saturated heterocycles. The topological polar surface area (TPSA) is 120 Å². The van der Waals surface area contributed by atoms with Crippen LogP contribution < -0.4 is 19.5 Å². The van der Waals surface area contributed by atoms with Gasteiger partial charge in [-0.15, -0.1) is 0 Å². The Kier molecular flexibility index (Phi) is 5.92. The second kappa shape index (κ2) is 8.21. The number of halogens is 2. The zero-order chi connectivity index (χ0) is 20.3. The first-order chi connectivity index (χ1) is 13.3. The van der Waals surface area contributed by atoms with E-state index in [1.807, 2.05) is 4.72 Å². The van der Waals surface area contributed by atoms with Crippen molar-refractivity contribution in [2.75, 3.05) is 11.9 Å². The van der Waals surface area contributed by atoms with Gasteiger partial charge in [-0.25, -0.2) is 22.9 Å². The predicted octanol–water partition coefficient (Wildman–Crippen LogP) is 2.89. The third kappa shape index (κ3) is 4.46. The number of nitrogens with zero attached hydrogens (tertiary/aromatic N) is 2. The Labute approximate surface area is 170 Å². The molecule has 2 amide bonds. The monoisotopic (exact) mass is 444 g/mol. The molecule has 2 heterocycles. The molecule has 0 fully saturated rings. The molecule has 148 valence electrons. The quantitative estimate of drug-likeness (QED) is 0.680. The molecular formula is C16H14Cl2N4O5S. The fourth-order valence-electron chi connectivity index (χ4n) is 2.47. The van der Waals surface area contributed by atoms with E-state index < -0.39 is 16.1 Å². The minimum Gasteiger partial charge on any atom is -0.477 e. The first-order valence-electron chi connectivity index (χ1n) is 7.87. The molecule has 12 heteroatoms. The molecule has 3 rings (SSSR count). The Morgan fingerprint density at radius 2 is 2.07 bits per heavy atom. The van der Waals surface area contributed by atoms with Crippen molar-refractivity contribution in [2.24, 2.45) is 0 Å². The van der Waals surface area contributed by atoms with Gasteiger partial charge in [0.15, 0.2) is 0 Å². The van der Waals surface area contributed by atoms with Gasteiger partial charge in [0, 0.05) is 12.0 Å². The van der Waals surface area contributed by atoms with Gasteiger partial charge in [0.1, 0.15) is 10.6 Å². The van der Waals surface area contributed by atoms with Crippen LogP contribution >= 0.6 is 23.2 Å². The summed E-state index contributed by atoms with van der Waals surface area (Å²) in [4.78, 5) is 20.1. The molecule has 0 atom stereocenters. The summed E-state index contributed by atoms with van der Waals surface area (Å²) in [5.41, 5.74) is 2.43. The van der Waals surface area contributed by atoms with Crippen LogP contribution in [-0.4, -0.2) is 31.0 Å². The van der Waals surface area contributed by atoms with Crippen LogP contribution in [0.3, 0.4) is 0 Å². The fraction of sp³-hybridized carbons (Fsp3) is 0.188. The minimum atomic E-state index is -4.29. The third-order valence-corrected chi connectivity index (χ3v) is 5.52. The Morgan fingerprint density at radius 3 is 2.82 bits per heavy atom. The van der Waals surface area contributed by atoms with Crippen molar-refractivity contribution in [1.29, 1.82) is 0 Å². The summed E-state index contributed by atoms with van der Waals surface area (Å²) in [6.45, 7) is 2.22. The number of amides is 2. The highest BCUT2D eigenvalue weighted by atomic mass is 35.5. The molecule has 0 bridgehead atoms. The molecule has 2 N–H and O–H groups in total. The van der Waals surface area contributed by atoms with Crippen LogP contribution in [0.5, 0.6) is 11.6 Å². The van der Waals surface area contributed by atoms with Gasteiger partial charge in [-0.3, -0.25) is 5.32 Å². The Balaban J connectivity index is 1.78. The van der Waals surface area contributed by atoms with Crippen molar-refractivity contribution >= 4 is 45.2 Å². The summed E-state index contributed by atoms with van der Waals surface area (Å²) in [6, 6.07) is 4.55. The van der Waals surface area contributed by atoms with Crippen LogP contribution in [0.15, 0.2) is 39.9 Å². The second-order valence-corrected chi connectivity index (χ2v) is 7.78. The number of aryl methyl sites for hydroxylation is 1. The van der Waals surface area contributed by atoms with Gasteiger partial charge in [-0.1, -0.05) is 23.7 Å². The number of carbonyl (C=O) groups is 1. The second-order valence-electron chi connectivity index (χ2n) is 5.54. The van der Waals surface area contributed by atoms with Gasteiger partial charge in [0.05, 0.1) is 17.8 Å². The molecule has 0 aliphatic carbocycles. The Bertz CT molecular complexity index is 1060. The number of nitrogens with one attached hydrogen (secondary N) is 2. The maximum atomic E-state index is 12.6. The average molecular weight is 445 g/mol. The number of para-hydroxylation sites is 1. The van der Waals surface area contributed by atoms with Gasteiger partial charge in [0.25, 0.3) is 10.0 Å². The van der Waals surface area contributed by atoms with E-state index in [0.717, 1.165) is 11.1 Å². The van der Waals surface area contributed by atoms with Crippen LogP contribution in [0.25, 0.3) is 0 Å². The lowest BCUT2D eigenvalue weighted by Crippen LogP contribution is -2.35. The van der Waals surface area contributed by atoms with Gasteiger partial charge < -0.3 is 9.47 Å². The van der Waals surface area contributed by atoms with Crippen LogP contribution in [0, 0.1) is 6.92 Å². The van der Waals surface area contributed by atoms with Crippen LogP contribution in [-0.2, 0) is 16.4 Å². The zero-order valence-electron chi connectivity index (χ0n) is 14.4. The van der Waals surface area contributed by atoms with Crippen LogP contribution in [0.1, 0.15) is 11.3 Å². The largest absolute Gasteiger partial charge is 0.477 e. The van der Waals surface area contributed by atoms with E-state index >= 15 is 0 Å². The molecule has 1 aliphatic rings. The highest BCUT2D eigenvalue weighted by Crippen LogP contribution is 2.27. The number of carbonyl (C=O) groups excluding carboxylic acids is 1. The van der Waals surface area contributed by atoms with E-state index in [4.69, 9.17) is 32.7 Å². The van der Waals surface area contributed by atoms with Crippen molar-refractivity contribution in [2.45, 2.75) is 18.2 Å². The fourth-order valence-corrected chi connectivity index (χ4v) is 3.64. The van der Waals surface area contributed by atoms with Gasteiger partial charge in [-0.2, -0.15) is 4.98 Å². The molecule has 28 heavy (non-hydrogen) atoms. The van der Waals surface area contributed by atoms with Crippen molar-refractivity contribution in [3.05, 3.63) is 46.3 Å². The van der Waals surface area contributed by atoms with E-state index in [2.05, 4.69) is 15.3 Å². The Morgan fingerprint density at radius 1 is 1.32 bits per heavy atom. The summed E-state index contributed by atoms with van der Waals surface area (Å²) in [5, 5.41) is 2.04. The molecular weight excluding hydrogens is 431 g/mol. The molecule has 0 spiro atoms. The smallest absolute Gasteiger partial charge is 0.335 e. The molecule has 1 aromatic heterocycles. The molecule has 0 unspecified atom stereocenters.